The molecule has 1 amide bonds. The summed E-state index contributed by atoms with van der Waals surface area (Å²) in [5, 5.41) is 4.20. The number of carbonyl (C=O) groups excluding carboxylic acids is 2. The van der Waals surface area contributed by atoms with Gasteiger partial charge in [0.15, 0.2) is 17.4 Å². The molecule has 3 heterocycles. The van der Waals surface area contributed by atoms with E-state index in [0.29, 0.717) is 22.7 Å². The Bertz CT molecular complexity index is 1240. The van der Waals surface area contributed by atoms with Crippen LogP contribution >= 0.6 is 11.6 Å². The van der Waals surface area contributed by atoms with Crippen molar-refractivity contribution in [1.82, 2.24) is 20.2 Å². The van der Waals surface area contributed by atoms with Crippen molar-refractivity contribution < 1.29 is 18.4 Å². The summed E-state index contributed by atoms with van der Waals surface area (Å²) in [4.78, 5) is 35.7. The molecule has 2 N–H and O–H groups in total. The fourth-order valence-corrected chi connectivity index (χ4v) is 5.13. The van der Waals surface area contributed by atoms with Gasteiger partial charge in [0, 0.05) is 36.3 Å². The van der Waals surface area contributed by atoms with Crippen molar-refractivity contribution in [3.63, 3.8) is 0 Å². The maximum absolute atomic E-state index is 13.8. The molecule has 1 aliphatic heterocycles. The van der Waals surface area contributed by atoms with E-state index in [4.69, 9.17) is 11.6 Å². The fraction of sp³-hybridized carbons (Fsp3) is 0.464. The molecule has 0 bridgehead atoms. The lowest BCUT2D eigenvalue weighted by Gasteiger charge is -2.38. The molecule has 9 heteroatoms. The number of amides is 1. The number of hydrogen-bond acceptors (Lipinski definition) is 4. The second kappa shape index (κ2) is 12.6. The molecule has 1 fully saturated rings. The minimum atomic E-state index is -0.983. The van der Waals surface area contributed by atoms with Gasteiger partial charge in [0.1, 0.15) is 5.65 Å². The van der Waals surface area contributed by atoms with Gasteiger partial charge in [-0.2, -0.15) is 0 Å². The van der Waals surface area contributed by atoms with Crippen LogP contribution in [0, 0.1) is 11.6 Å². The summed E-state index contributed by atoms with van der Waals surface area (Å²) in [5.41, 5.74) is 1.94. The van der Waals surface area contributed by atoms with Crippen LogP contribution in [0.15, 0.2) is 36.7 Å². The molecule has 3 atom stereocenters. The number of halogens is 3. The lowest BCUT2D eigenvalue weighted by Crippen LogP contribution is -2.51. The third-order valence-electron chi connectivity index (χ3n) is 7.05. The summed E-state index contributed by atoms with van der Waals surface area (Å²) in [7, 11) is 0. The summed E-state index contributed by atoms with van der Waals surface area (Å²) in [6.07, 6.45) is 7.17. The predicted octanol–water partition coefficient (Wildman–Crippen LogP) is 5.62. The van der Waals surface area contributed by atoms with Gasteiger partial charge < -0.3 is 10.3 Å². The highest BCUT2D eigenvalue weighted by Gasteiger charge is 2.28. The van der Waals surface area contributed by atoms with Crippen molar-refractivity contribution in [2.75, 3.05) is 6.54 Å². The van der Waals surface area contributed by atoms with E-state index in [1.807, 2.05) is 6.07 Å². The number of aromatic nitrogens is 2. The first-order valence-electron chi connectivity index (χ1n) is 12.3. The molecule has 0 spiro atoms. The average Bonchev–Trinajstić information content (AvgIpc) is 3.22. The number of fused-ring (bicyclic) bond motifs is 1. The van der Waals surface area contributed by atoms with Gasteiger partial charge in [-0.15, -0.1) is 0 Å². The summed E-state index contributed by atoms with van der Waals surface area (Å²) in [5.74, 6) is -2.37. The largest absolute Gasteiger partial charge is 0.345 e. The van der Waals surface area contributed by atoms with Gasteiger partial charge in [0.25, 0.3) is 0 Å². The standard InChI is InChI=1S/C27H31ClF2N4O2.CH4/c1-16-4-3-5-17(2)34(16)15-26(36)33-24(12-18-6-8-22(29)23(30)11-18)25(35)9-7-19-10-20-21(28)14-32-27(20)31-13-19;/h6,8,10-11,13-14,16-17,24H,3-5,7,9,12,15H2,1-2H3,(H,31,32)(H,33,36);1H4/t16?,17?,24-;/m0./s1. The normalized spacial score (nSPS) is 18.8. The second-order valence-electron chi connectivity index (χ2n) is 9.72. The Morgan fingerprint density at radius 3 is 2.59 bits per heavy atom. The van der Waals surface area contributed by atoms with E-state index in [2.05, 4.69) is 34.0 Å². The smallest absolute Gasteiger partial charge is 0.234 e. The second-order valence-corrected chi connectivity index (χ2v) is 10.1. The number of likely N-dealkylation sites (tertiary alicyclic amines) is 1. The highest BCUT2D eigenvalue weighted by molar-refractivity contribution is 6.35. The van der Waals surface area contributed by atoms with E-state index in [0.717, 1.165) is 42.3 Å². The van der Waals surface area contributed by atoms with Gasteiger partial charge in [-0.3, -0.25) is 14.5 Å². The molecular weight excluding hydrogens is 498 g/mol. The van der Waals surface area contributed by atoms with Gasteiger partial charge in [-0.25, -0.2) is 13.8 Å². The van der Waals surface area contributed by atoms with Crippen LogP contribution in [-0.2, 0) is 22.4 Å². The van der Waals surface area contributed by atoms with Crippen LogP contribution in [0.2, 0.25) is 5.02 Å². The van der Waals surface area contributed by atoms with Crippen LogP contribution in [0.1, 0.15) is 58.1 Å². The van der Waals surface area contributed by atoms with Crippen LogP contribution in [-0.4, -0.2) is 51.2 Å². The molecule has 200 valence electrons. The van der Waals surface area contributed by atoms with Crippen molar-refractivity contribution in [3.8, 4) is 0 Å². The Labute approximate surface area is 221 Å². The quantitative estimate of drug-likeness (QED) is 0.375. The number of carbonyl (C=O) groups is 2. The molecule has 4 rings (SSSR count). The third kappa shape index (κ3) is 7.14. The molecule has 2 unspecified atom stereocenters. The number of hydrogen-bond donors (Lipinski definition) is 2. The molecule has 3 aromatic rings. The van der Waals surface area contributed by atoms with E-state index in [1.54, 1.807) is 12.4 Å². The molecule has 0 aliphatic carbocycles. The number of H-pyrrole nitrogens is 1. The van der Waals surface area contributed by atoms with Crippen molar-refractivity contribution in [1.29, 1.82) is 0 Å². The predicted molar refractivity (Wildman–Crippen MR) is 143 cm³/mol. The Morgan fingerprint density at radius 1 is 1.16 bits per heavy atom. The van der Waals surface area contributed by atoms with Crippen molar-refractivity contribution in [2.45, 2.75) is 77.9 Å². The average molecular weight is 533 g/mol. The van der Waals surface area contributed by atoms with Crippen molar-refractivity contribution in [3.05, 3.63) is 64.4 Å². The van der Waals surface area contributed by atoms with E-state index in [-0.39, 0.29) is 50.6 Å². The number of piperidine rings is 1. The molecular formula is C28H35ClF2N4O2. The van der Waals surface area contributed by atoms with Gasteiger partial charge >= 0.3 is 0 Å². The van der Waals surface area contributed by atoms with Crippen LogP contribution in [0.4, 0.5) is 8.78 Å². The van der Waals surface area contributed by atoms with Gasteiger partial charge in [-0.1, -0.05) is 31.5 Å². The molecule has 1 saturated heterocycles. The highest BCUT2D eigenvalue weighted by Crippen LogP contribution is 2.23. The zero-order valence-electron chi connectivity index (χ0n) is 20.5. The van der Waals surface area contributed by atoms with E-state index in [1.165, 1.54) is 6.07 Å². The van der Waals surface area contributed by atoms with E-state index < -0.39 is 17.7 Å². The zero-order valence-corrected chi connectivity index (χ0v) is 21.2. The number of ketones is 1. The van der Waals surface area contributed by atoms with Crippen molar-refractivity contribution in [2.24, 2.45) is 0 Å². The number of pyridine rings is 1. The first-order chi connectivity index (χ1) is 17.2. The minimum Gasteiger partial charge on any atom is -0.345 e. The summed E-state index contributed by atoms with van der Waals surface area (Å²) < 4.78 is 27.2. The Kier molecular flexibility index (Phi) is 9.79. The Morgan fingerprint density at radius 2 is 1.89 bits per heavy atom. The first-order valence-corrected chi connectivity index (χ1v) is 12.7. The SMILES string of the molecule is C.CC1CCCC(C)N1CC(=O)N[C@@H](Cc1ccc(F)c(F)c1)C(=O)CCc1cnc2[nH]cc(Cl)c2c1. The Balaban J connectivity index is 0.00000380. The molecule has 1 aromatic carbocycles. The lowest BCUT2D eigenvalue weighted by atomic mass is 9.96. The van der Waals surface area contributed by atoms with Crippen LogP contribution in [0.3, 0.4) is 0 Å². The topological polar surface area (TPSA) is 78.1 Å². The highest BCUT2D eigenvalue weighted by atomic mass is 35.5. The molecule has 1 aliphatic rings. The summed E-state index contributed by atoms with van der Waals surface area (Å²) >= 11 is 6.18. The number of aryl methyl sites for hydroxylation is 1. The lowest BCUT2D eigenvalue weighted by molar-refractivity contribution is -0.129. The van der Waals surface area contributed by atoms with Gasteiger partial charge in [0.2, 0.25) is 5.91 Å². The summed E-state index contributed by atoms with van der Waals surface area (Å²) in [6, 6.07) is 5.13. The van der Waals surface area contributed by atoms with E-state index >= 15 is 0 Å². The van der Waals surface area contributed by atoms with Crippen molar-refractivity contribution >= 4 is 34.3 Å². The minimum absolute atomic E-state index is 0. The van der Waals surface area contributed by atoms with E-state index in [9.17, 15) is 18.4 Å². The molecule has 2 aromatic heterocycles. The number of Topliss-reactive ketones (excluding diaryl/α,β-unsaturated/α-hetero) is 1. The van der Waals surface area contributed by atoms with Gasteiger partial charge in [-0.05, 0) is 68.9 Å². The number of nitrogens with zero attached hydrogens (tertiary/aromatic N) is 2. The molecule has 6 nitrogen and oxygen atoms in total. The molecule has 0 radical (unpaired) electrons. The summed E-state index contributed by atoms with van der Waals surface area (Å²) in [6.45, 7) is 4.40. The number of nitrogens with one attached hydrogen (secondary N) is 2. The molecule has 37 heavy (non-hydrogen) atoms. The van der Waals surface area contributed by atoms with Gasteiger partial charge in [0.05, 0.1) is 17.6 Å². The fourth-order valence-electron chi connectivity index (χ4n) is 4.93. The number of rotatable bonds is 9. The molecule has 0 saturated carbocycles. The van der Waals surface area contributed by atoms with Crippen LogP contribution < -0.4 is 5.32 Å². The zero-order chi connectivity index (χ0) is 25.8. The first kappa shape index (κ1) is 28.7. The van der Waals surface area contributed by atoms with Crippen LogP contribution in [0.5, 0.6) is 0 Å². The number of aromatic amines is 1. The number of benzene rings is 1. The van der Waals surface area contributed by atoms with Crippen LogP contribution in [0.25, 0.3) is 11.0 Å². The Hall–Kier alpha value is -2.84. The monoisotopic (exact) mass is 532 g/mol. The maximum atomic E-state index is 13.8. The third-order valence-corrected chi connectivity index (χ3v) is 7.36. The maximum Gasteiger partial charge on any atom is 0.234 e.